The van der Waals surface area contributed by atoms with Gasteiger partial charge in [0.25, 0.3) is 5.65 Å². The average Bonchev–Trinajstić information content (AvgIpc) is 3.20. The van der Waals surface area contributed by atoms with E-state index in [4.69, 9.17) is 0 Å². The van der Waals surface area contributed by atoms with Gasteiger partial charge in [-0.2, -0.15) is 0 Å². The van der Waals surface area contributed by atoms with Gasteiger partial charge in [-0.25, -0.2) is 9.97 Å². The van der Waals surface area contributed by atoms with Crippen LogP contribution in [-0.2, 0) is 6.54 Å². The zero-order valence-electron chi connectivity index (χ0n) is 16.1. The zero-order chi connectivity index (χ0) is 19.1. The highest BCUT2D eigenvalue weighted by atomic mass is 16.1. The first-order valence-corrected chi connectivity index (χ1v) is 9.99. The summed E-state index contributed by atoms with van der Waals surface area (Å²) in [7, 11) is 0. The summed E-state index contributed by atoms with van der Waals surface area (Å²) < 4.78 is 2.34. The summed E-state index contributed by atoms with van der Waals surface area (Å²) in [5.41, 5.74) is 3.40. The Balaban J connectivity index is 1.57. The van der Waals surface area contributed by atoms with Crippen LogP contribution in [-0.4, -0.2) is 27.5 Å². The lowest BCUT2D eigenvalue weighted by Crippen LogP contribution is -2.40. The molecular weight excluding hydrogens is 348 g/mol. The molecule has 0 spiro atoms. The number of aromatic amines is 2. The number of pyridine rings is 2. The Morgan fingerprint density at radius 3 is 2.86 bits per heavy atom. The highest BCUT2D eigenvalue weighted by Gasteiger charge is 2.29. The summed E-state index contributed by atoms with van der Waals surface area (Å²) >= 11 is 0. The van der Waals surface area contributed by atoms with Crippen molar-refractivity contribution < 1.29 is 4.98 Å². The fourth-order valence-corrected chi connectivity index (χ4v) is 4.56. The second-order valence-electron chi connectivity index (χ2n) is 7.96. The van der Waals surface area contributed by atoms with Gasteiger partial charge >= 0.3 is 0 Å². The number of nitrogens with zero attached hydrogens (tertiary/aromatic N) is 2. The topological polar surface area (TPSA) is 55.2 Å². The fraction of sp³-hybridized carbons (Fsp3) is 0.304. The van der Waals surface area contributed by atoms with Gasteiger partial charge in [0.15, 0.2) is 5.43 Å². The molecule has 1 saturated heterocycles. The van der Waals surface area contributed by atoms with Gasteiger partial charge in [0.2, 0.25) is 0 Å². The van der Waals surface area contributed by atoms with Crippen molar-refractivity contribution in [2.45, 2.75) is 25.9 Å². The summed E-state index contributed by atoms with van der Waals surface area (Å²) in [5, 5.41) is 1.82. The lowest BCUT2D eigenvalue weighted by molar-refractivity contribution is -0.345. The molecular formula is C23H25N4O+. The quantitative estimate of drug-likeness (QED) is 0.599. The number of benzene rings is 1. The normalized spacial score (nSPS) is 20.8. The number of likely N-dealkylation sites (tertiary alicyclic amines) is 1. The smallest absolute Gasteiger partial charge is 0.286 e. The predicted molar refractivity (Wildman–Crippen MR) is 111 cm³/mol. The maximum Gasteiger partial charge on any atom is 0.286 e. The number of nitrogens with one attached hydrogen (secondary N) is 2. The number of rotatable bonds is 3. The van der Waals surface area contributed by atoms with Crippen LogP contribution >= 0.6 is 0 Å². The van der Waals surface area contributed by atoms with Gasteiger partial charge in [0.1, 0.15) is 6.20 Å². The van der Waals surface area contributed by atoms with Gasteiger partial charge in [-0.05, 0) is 30.5 Å². The number of fused-ring (bicyclic) bond motifs is 3. The molecule has 0 saturated carbocycles. The monoisotopic (exact) mass is 373 g/mol. The molecule has 4 aromatic rings. The molecule has 5 rings (SSSR count). The van der Waals surface area contributed by atoms with Crippen molar-refractivity contribution in [3.63, 3.8) is 0 Å². The lowest BCUT2D eigenvalue weighted by atomic mass is 9.92. The van der Waals surface area contributed by atoms with Crippen LogP contribution in [0.2, 0.25) is 0 Å². The number of hydrogen-bond donors (Lipinski definition) is 1. The van der Waals surface area contributed by atoms with Gasteiger partial charge in [-0.3, -0.25) is 9.69 Å². The van der Waals surface area contributed by atoms with Crippen LogP contribution in [0.4, 0.5) is 0 Å². The first-order valence-electron chi connectivity index (χ1n) is 9.99. The van der Waals surface area contributed by atoms with Crippen LogP contribution in [0, 0.1) is 5.92 Å². The summed E-state index contributed by atoms with van der Waals surface area (Å²) in [6, 6.07) is 14.8. The van der Waals surface area contributed by atoms with Gasteiger partial charge in [-0.1, -0.05) is 37.3 Å². The number of H-pyrrole nitrogens is 2. The predicted octanol–water partition coefficient (Wildman–Crippen LogP) is 3.38. The molecule has 1 aliphatic heterocycles. The van der Waals surface area contributed by atoms with E-state index in [1.165, 1.54) is 5.56 Å². The highest BCUT2D eigenvalue weighted by Crippen LogP contribution is 2.32. The molecule has 3 aromatic heterocycles. The van der Waals surface area contributed by atoms with Gasteiger partial charge in [0.05, 0.1) is 22.5 Å². The van der Waals surface area contributed by atoms with E-state index in [2.05, 4.69) is 62.8 Å². The van der Waals surface area contributed by atoms with Crippen LogP contribution in [0.15, 0.2) is 65.8 Å². The molecule has 1 aromatic carbocycles. The molecule has 1 aliphatic rings. The van der Waals surface area contributed by atoms with Gasteiger partial charge < -0.3 is 4.57 Å². The van der Waals surface area contributed by atoms with E-state index in [9.17, 15) is 4.79 Å². The molecule has 0 bridgehead atoms. The van der Waals surface area contributed by atoms with Crippen molar-refractivity contribution in [3.05, 3.63) is 76.8 Å². The molecule has 2 N–H and O–H groups in total. The Bertz CT molecular complexity index is 1180. The molecule has 5 nitrogen and oxygen atoms in total. The van der Waals surface area contributed by atoms with E-state index < -0.39 is 0 Å². The Morgan fingerprint density at radius 1 is 1.14 bits per heavy atom. The molecule has 0 amide bonds. The first-order chi connectivity index (χ1) is 13.7. The van der Waals surface area contributed by atoms with Crippen molar-refractivity contribution in [1.29, 1.82) is 0 Å². The number of hydrogen-bond acceptors (Lipinski definition) is 2. The van der Waals surface area contributed by atoms with Crippen molar-refractivity contribution in [3.8, 4) is 0 Å². The second-order valence-corrected chi connectivity index (χ2v) is 7.96. The Hall–Kier alpha value is -2.92. The third-order valence-electron chi connectivity index (χ3n) is 6.14. The minimum absolute atomic E-state index is 0.0650. The first kappa shape index (κ1) is 17.2. The Kier molecular flexibility index (Phi) is 4.24. The molecule has 1 fully saturated rings. The molecule has 0 unspecified atom stereocenters. The van der Waals surface area contributed by atoms with E-state index in [1.54, 1.807) is 6.07 Å². The largest absolute Gasteiger partial charge is 0.342 e. The van der Waals surface area contributed by atoms with Crippen molar-refractivity contribution in [1.82, 2.24) is 14.5 Å². The second kappa shape index (κ2) is 6.91. The highest BCUT2D eigenvalue weighted by molar-refractivity contribution is 6.00. The molecule has 5 heteroatoms. The SMILES string of the molecule is C[C@@H]1CCN(Cc2ccccc2)C[C@@H]1n1ccc(=O)c2c[nH+]c3[nH]ccc3c21. The third kappa shape index (κ3) is 2.92. The molecule has 0 aliphatic carbocycles. The van der Waals surface area contributed by atoms with Crippen molar-refractivity contribution in [2.75, 3.05) is 13.1 Å². The lowest BCUT2D eigenvalue weighted by Gasteiger charge is -2.39. The Labute approximate surface area is 163 Å². The van der Waals surface area contributed by atoms with Crippen LogP contribution in [0.1, 0.15) is 24.9 Å². The number of piperidine rings is 1. The van der Waals surface area contributed by atoms with Crippen molar-refractivity contribution >= 4 is 21.9 Å². The Morgan fingerprint density at radius 2 is 2.00 bits per heavy atom. The van der Waals surface area contributed by atoms with E-state index >= 15 is 0 Å². The molecule has 142 valence electrons. The van der Waals surface area contributed by atoms with Crippen LogP contribution in [0.3, 0.4) is 0 Å². The third-order valence-corrected chi connectivity index (χ3v) is 6.14. The van der Waals surface area contributed by atoms with E-state index in [1.807, 2.05) is 18.6 Å². The average molecular weight is 373 g/mol. The van der Waals surface area contributed by atoms with Gasteiger partial charge in [0, 0.05) is 31.4 Å². The van der Waals surface area contributed by atoms with E-state index in [0.29, 0.717) is 12.0 Å². The minimum atomic E-state index is 0.0650. The van der Waals surface area contributed by atoms with Crippen molar-refractivity contribution in [2.24, 2.45) is 5.92 Å². The zero-order valence-corrected chi connectivity index (χ0v) is 16.1. The maximum atomic E-state index is 12.5. The van der Waals surface area contributed by atoms with Crippen LogP contribution in [0.5, 0.6) is 0 Å². The van der Waals surface area contributed by atoms with Gasteiger partial charge in [-0.15, -0.1) is 0 Å². The molecule has 0 radical (unpaired) electrons. The molecule has 2 atom stereocenters. The molecule has 4 heterocycles. The maximum absolute atomic E-state index is 12.5. The van der Waals surface area contributed by atoms with Crippen LogP contribution < -0.4 is 10.4 Å². The summed E-state index contributed by atoms with van der Waals surface area (Å²) in [5.74, 6) is 0.552. The summed E-state index contributed by atoms with van der Waals surface area (Å²) in [4.78, 5) is 21.5. The van der Waals surface area contributed by atoms with E-state index in [0.717, 1.165) is 48.0 Å². The summed E-state index contributed by atoms with van der Waals surface area (Å²) in [6.07, 6.45) is 6.90. The number of aromatic nitrogens is 3. The van der Waals surface area contributed by atoms with Crippen LogP contribution in [0.25, 0.3) is 21.9 Å². The minimum Gasteiger partial charge on any atom is -0.342 e. The standard InChI is InChI=1S/C23H24N4O/c1-16-8-11-26(14-17-5-3-2-4-6-17)15-20(16)27-12-9-21(28)19-13-25-23-18(22(19)27)7-10-24-23/h2-7,9-10,12-13,16,20H,8,11,14-15H2,1H3,(H,24,25)/p+1/t16-,20+/m1/s1. The fourth-order valence-electron chi connectivity index (χ4n) is 4.56. The molecule has 28 heavy (non-hydrogen) atoms. The van der Waals surface area contributed by atoms with E-state index in [-0.39, 0.29) is 5.43 Å². The summed E-state index contributed by atoms with van der Waals surface area (Å²) in [6.45, 7) is 5.39.